The number of hydrogen-bond acceptors (Lipinski definition) is 3. The molecule has 0 spiro atoms. The summed E-state index contributed by atoms with van der Waals surface area (Å²) in [5, 5.41) is 9.74. The van der Waals surface area contributed by atoms with E-state index in [-0.39, 0.29) is 5.78 Å². The van der Waals surface area contributed by atoms with Gasteiger partial charge in [0, 0.05) is 12.6 Å². The molecule has 0 aliphatic carbocycles. The van der Waals surface area contributed by atoms with E-state index in [1.165, 1.54) is 0 Å². The lowest BCUT2D eigenvalue weighted by atomic mass is 9.91. The van der Waals surface area contributed by atoms with Gasteiger partial charge in [-0.1, -0.05) is 0 Å². The molecular formula is C10H15N3O. The molecule has 1 aromatic rings. The van der Waals surface area contributed by atoms with Crippen LogP contribution in [0.5, 0.6) is 0 Å². The van der Waals surface area contributed by atoms with Gasteiger partial charge in [0.05, 0.1) is 11.8 Å². The number of ketones is 1. The Morgan fingerprint density at radius 1 is 1.50 bits per heavy atom. The minimum atomic E-state index is 0.214. The van der Waals surface area contributed by atoms with Crippen molar-refractivity contribution in [2.75, 3.05) is 13.1 Å². The summed E-state index contributed by atoms with van der Waals surface area (Å²) in [4.78, 5) is 11.7. The Bertz CT molecular complexity index is 288. The van der Waals surface area contributed by atoms with Gasteiger partial charge in [0.15, 0.2) is 5.78 Å². The van der Waals surface area contributed by atoms with Gasteiger partial charge in [0.25, 0.3) is 0 Å². The van der Waals surface area contributed by atoms with Crippen LogP contribution in [0.4, 0.5) is 0 Å². The van der Waals surface area contributed by atoms with Crippen molar-refractivity contribution in [3.05, 3.63) is 18.0 Å². The fourth-order valence-corrected chi connectivity index (χ4v) is 1.87. The summed E-state index contributed by atoms with van der Waals surface area (Å²) in [6.45, 7) is 2.09. The second-order valence-electron chi connectivity index (χ2n) is 3.81. The van der Waals surface area contributed by atoms with Crippen LogP contribution in [-0.4, -0.2) is 29.1 Å². The number of piperidine rings is 1. The third-order valence-electron chi connectivity index (χ3n) is 2.75. The van der Waals surface area contributed by atoms with E-state index < -0.39 is 0 Å². The summed E-state index contributed by atoms with van der Waals surface area (Å²) in [5.41, 5.74) is 0.712. The molecule has 0 saturated carbocycles. The van der Waals surface area contributed by atoms with Crippen molar-refractivity contribution in [3.8, 4) is 0 Å². The molecule has 2 heterocycles. The first-order valence-electron chi connectivity index (χ1n) is 5.09. The van der Waals surface area contributed by atoms with Crippen molar-refractivity contribution in [2.45, 2.75) is 19.3 Å². The van der Waals surface area contributed by atoms with Crippen molar-refractivity contribution >= 4 is 5.78 Å². The second kappa shape index (κ2) is 4.37. The average molecular weight is 193 g/mol. The molecule has 2 rings (SSSR count). The van der Waals surface area contributed by atoms with Gasteiger partial charge in [-0.05, 0) is 31.8 Å². The Kier molecular flexibility index (Phi) is 2.93. The van der Waals surface area contributed by atoms with Gasteiger partial charge in [-0.3, -0.25) is 9.89 Å². The van der Waals surface area contributed by atoms with Gasteiger partial charge >= 0.3 is 0 Å². The Balaban J connectivity index is 1.87. The second-order valence-corrected chi connectivity index (χ2v) is 3.81. The summed E-state index contributed by atoms with van der Waals surface area (Å²) in [7, 11) is 0. The van der Waals surface area contributed by atoms with Crippen LogP contribution in [0, 0.1) is 5.92 Å². The van der Waals surface area contributed by atoms with E-state index in [0.717, 1.165) is 25.9 Å². The van der Waals surface area contributed by atoms with Crippen LogP contribution < -0.4 is 5.32 Å². The maximum atomic E-state index is 11.7. The quantitative estimate of drug-likeness (QED) is 0.703. The molecule has 1 fully saturated rings. The molecule has 0 bridgehead atoms. The molecule has 0 amide bonds. The van der Waals surface area contributed by atoms with E-state index in [2.05, 4.69) is 15.5 Å². The van der Waals surface area contributed by atoms with Gasteiger partial charge in [-0.2, -0.15) is 5.10 Å². The normalized spacial score (nSPS) is 18.3. The fraction of sp³-hybridized carbons (Fsp3) is 0.600. The number of rotatable bonds is 3. The topological polar surface area (TPSA) is 57.8 Å². The van der Waals surface area contributed by atoms with Crippen molar-refractivity contribution < 1.29 is 4.79 Å². The van der Waals surface area contributed by atoms with Crippen molar-refractivity contribution in [1.82, 2.24) is 15.5 Å². The molecule has 0 unspecified atom stereocenters. The lowest BCUT2D eigenvalue weighted by Crippen LogP contribution is -2.28. The number of carbonyl (C=O) groups excluding carboxylic acids is 1. The van der Waals surface area contributed by atoms with E-state index in [9.17, 15) is 4.79 Å². The van der Waals surface area contributed by atoms with Crippen LogP contribution >= 0.6 is 0 Å². The zero-order valence-corrected chi connectivity index (χ0v) is 8.12. The van der Waals surface area contributed by atoms with Crippen molar-refractivity contribution in [3.63, 3.8) is 0 Å². The molecule has 1 aromatic heterocycles. The van der Waals surface area contributed by atoms with Gasteiger partial charge in [0.1, 0.15) is 0 Å². The molecule has 0 atom stereocenters. The fourth-order valence-electron chi connectivity index (χ4n) is 1.87. The Morgan fingerprint density at radius 2 is 2.29 bits per heavy atom. The number of hydrogen-bond donors (Lipinski definition) is 2. The van der Waals surface area contributed by atoms with Gasteiger partial charge in [-0.15, -0.1) is 0 Å². The van der Waals surface area contributed by atoms with E-state index >= 15 is 0 Å². The first-order chi connectivity index (χ1) is 6.86. The molecule has 2 N–H and O–H groups in total. The minimum absolute atomic E-state index is 0.214. The smallest absolute Gasteiger partial charge is 0.166 e. The highest BCUT2D eigenvalue weighted by Crippen LogP contribution is 2.18. The van der Waals surface area contributed by atoms with Crippen LogP contribution in [0.1, 0.15) is 29.6 Å². The van der Waals surface area contributed by atoms with Crippen LogP contribution in [0.3, 0.4) is 0 Å². The third kappa shape index (κ3) is 2.20. The van der Waals surface area contributed by atoms with E-state index in [1.54, 1.807) is 12.4 Å². The predicted molar refractivity (Wildman–Crippen MR) is 53.1 cm³/mol. The molecule has 0 radical (unpaired) electrons. The summed E-state index contributed by atoms with van der Waals surface area (Å²) < 4.78 is 0. The number of aromatic nitrogens is 2. The van der Waals surface area contributed by atoms with Gasteiger partial charge in [0.2, 0.25) is 0 Å². The van der Waals surface area contributed by atoms with E-state index in [1.807, 2.05) is 0 Å². The maximum absolute atomic E-state index is 11.7. The lowest BCUT2D eigenvalue weighted by Gasteiger charge is -2.21. The number of H-pyrrole nitrogens is 1. The van der Waals surface area contributed by atoms with Gasteiger partial charge in [-0.25, -0.2) is 0 Å². The summed E-state index contributed by atoms with van der Waals surface area (Å²) >= 11 is 0. The highest BCUT2D eigenvalue weighted by molar-refractivity contribution is 5.95. The zero-order chi connectivity index (χ0) is 9.80. The number of nitrogens with zero attached hydrogens (tertiary/aromatic N) is 1. The first kappa shape index (κ1) is 9.40. The SMILES string of the molecule is O=C(CC1CCNCC1)c1cn[nH]c1. The van der Waals surface area contributed by atoms with Crippen molar-refractivity contribution in [2.24, 2.45) is 5.92 Å². The average Bonchev–Trinajstić information content (AvgIpc) is 2.72. The van der Waals surface area contributed by atoms with Gasteiger partial charge < -0.3 is 5.32 Å². The molecule has 4 heteroatoms. The summed E-state index contributed by atoms with van der Waals surface area (Å²) in [6.07, 6.45) is 6.17. The molecule has 0 aromatic carbocycles. The molecule has 1 aliphatic heterocycles. The highest BCUT2D eigenvalue weighted by Gasteiger charge is 2.17. The molecule has 14 heavy (non-hydrogen) atoms. The lowest BCUT2D eigenvalue weighted by molar-refractivity contribution is 0.0952. The standard InChI is InChI=1S/C10H15N3O/c14-10(9-6-12-13-7-9)5-8-1-3-11-4-2-8/h6-8,11H,1-5H2,(H,12,13). The molecular weight excluding hydrogens is 178 g/mol. The Labute approximate surface area is 83.1 Å². The minimum Gasteiger partial charge on any atom is -0.317 e. The van der Waals surface area contributed by atoms with Crippen LogP contribution in [0.25, 0.3) is 0 Å². The predicted octanol–water partition coefficient (Wildman–Crippen LogP) is 0.982. The summed E-state index contributed by atoms with van der Waals surface area (Å²) in [6, 6.07) is 0. The largest absolute Gasteiger partial charge is 0.317 e. The highest BCUT2D eigenvalue weighted by atomic mass is 16.1. The van der Waals surface area contributed by atoms with E-state index in [0.29, 0.717) is 17.9 Å². The van der Waals surface area contributed by atoms with Crippen LogP contribution in [0.2, 0.25) is 0 Å². The number of aromatic amines is 1. The number of nitrogens with one attached hydrogen (secondary N) is 2. The monoisotopic (exact) mass is 193 g/mol. The Morgan fingerprint density at radius 3 is 2.93 bits per heavy atom. The van der Waals surface area contributed by atoms with Crippen LogP contribution in [-0.2, 0) is 0 Å². The molecule has 4 nitrogen and oxygen atoms in total. The van der Waals surface area contributed by atoms with Crippen molar-refractivity contribution in [1.29, 1.82) is 0 Å². The number of carbonyl (C=O) groups is 1. The Hall–Kier alpha value is -1.16. The third-order valence-corrected chi connectivity index (χ3v) is 2.75. The number of Topliss-reactive ketones (excluding diaryl/α,β-unsaturated/α-hetero) is 1. The van der Waals surface area contributed by atoms with E-state index in [4.69, 9.17) is 0 Å². The zero-order valence-electron chi connectivity index (χ0n) is 8.12. The molecule has 1 aliphatic rings. The summed E-state index contributed by atoms with van der Waals surface area (Å²) in [5.74, 6) is 0.768. The maximum Gasteiger partial charge on any atom is 0.166 e. The first-order valence-corrected chi connectivity index (χ1v) is 5.09. The molecule has 76 valence electrons. The van der Waals surface area contributed by atoms with Crippen LogP contribution in [0.15, 0.2) is 12.4 Å². The molecule has 1 saturated heterocycles.